The number of anilines is 2. The molecule has 1 aliphatic heterocycles. The third-order valence-corrected chi connectivity index (χ3v) is 4.80. The molecule has 2 N–H and O–H groups in total. The normalized spacial score (nSPS) is 15.3. The molecule has 0 atom stereocenters. The van der Waals surface area contributed by atoms with Crippen LogP contribution in [-0.4, -0.2) is 48.6 Å². The fourth-order valence-corrected chi connectivity index (χ4v) is 3.22. The standard InChI is InChI=1S/C18H20BrN3O2/c19-14-5-1-2-6-15(14)20-18(24)13-21-9-11-22(12-10-21)16-7-3-4-8-17(16)23/h1-8,23H,9-13H2,(H,20,24). The summed E-state index contributed by atoms with van der Waals surface area (Å²) in [5.41, 5.74) is 1.64. The van der Waals surface area contributed by atoms with Crippen LogP contribution in [-0.2, 0) is 4.79 Å². The lowest BCUT2D eigenvalue weighted by molar-refractivity contribution is -0.117. The van der Waals surface area contributed by atoms with Crippen molar-refractivity contribution in [3.63, 3.8) is 0 Å². The number of benzene rings is 2. The maximum absolute atomic E-state index is 12.2. The first-order valence-corrected chi connectivity index (χ1v) is 8.72. The number of amides is 1. The summed E-state index contributed by atoms with van der Waals surface area (Å²) in [6.07, 6.45) is 0. The van der Waals surface area contributed by atoms with Crippen LogP contribution < -0.4 is 10.2 Å². The van der Waals surface area contributed by atoms with Crippen molar-refractivity contribution >= 4 is 33.2 Å². The predicted molar refractivity (Wildman–Crippen MR) is 99.5 cm³/mol. The molecule has 0 aliphatic carbocycles. The Kier molecular flexibility index (Phi) is 5.37. The highest BCUT2D eigenvalue weighted by molar-refractivity contribution is 9.10. The number of hydrogen-bond donors (Lipinski definition) is 2. The number of rotatable bonds is 4. The van der Waals surface area contributed by atoms with Gasteiger partial charge in [-0.15, -0.1) is 0 Å². The van der Waals surface area contributed by atoms with Gasteiger partial charge in [-0.2, -0.15) is 0 Å². The summed E-state index contributed by atoms with van der Waals surface area (Å²) in [5.74, 6) is 0.288. The Labute approximate surface area is 150 Å². The van der Waals surface area contributed by atoms with Gasteiger partial charge in [-0.1, -0.05) is 24.3 Å². The molecule has 0 saturated carbocycles. The molecule has 0 unspecified atom stereocenters. The molecule has 0 aromatic heterocycles. The van der Waals surface area contributed by atoms with Crippen LogP contribution in [0.3, 0.4) is 0 Å². The summed E-state index contributed by atoms with van der Waals surface area (Å²) in [4.78, 5) is 16.5. The van der Waals surface area contributed by atoms with Crippen LogP contribution in [0.5, 0.6) is 5.75 Å². The molecule has 0 radical (unpaired) electrons. The van der Waals surface area contributed by atoms with Crippen molar-refractivity contribution < 1.29 is 9.90 Å². The van der Waals surface area contributed by atoms with E-state index in [-0.39, 0.29) is 5.91 Å². The molecule has 1 saturated heterocycles. The van der Waals surface area contributed by atoms with E-state index in [4.69, 9.17) is 0 Å². The largest absolute Gasteiger partial charge is 0.506 e. The summed E-state index contributed by atoms with van der Waals surface area (Å²) in [6.45, 7) is 3.53. The molecular weight excluding hydrogens is 370 g/mol. The molecule has 3 rings (SSSR count). The molecule has 1 fully saturated rings. The van der Waals surface area contributed by atoms with Gasteiger partial charge in [0.05, 0.1) is 17.9 Å². The van der Waals surface area contributed by atoms with Crippen molar-refractivity contribution in [3.05, 3.63) is 53.0 Å². The van der Waals surface area contributed by atoms with E-state index in [9.17, 15) is 9.90 Å². The van der Waals surface area contributed by atoms with Crippen molar-refractivity contribution in [2.24, 2.45) is 0 Å². The second-order valence-corrected chi connectivity index (χ2v) is 6.63. The van der Waals surface area contributed by atoms with Gasteiger partial charge in [-0.25, -0.2) is 0 Å². The SMILES string of the molecule is O=C(CN1CCN(c2ccccc2O)CC1)Nc1ccccc1Br. The molecule has 2 aromatic rings. The van der Waals surface area contributed by atoms with Gasteiger partial charge in [0.25, 0.3) is 0 Å². The molecule has 5 nitrogen and oxygen atoms in total. The number of carbonyl (C=O) groups is 1. The van der Waals surface area contributed by atoms with Crippen molar-refractivity contribution in [1.29, 1.82) is 0 Å². The van der Waals surface area contributed by atoms with Crippen molar-refractivity contribution in [2.45, 2.75) is 0 Å². The van der Waals surface area contributed by atoms with E-state index in [1.165, 1.54) is 0 Å². The van der Waals surface area contributed by atoms with Gasteiger partial charge >= 0.3 is 0 Å². The first-order valence-electron chi connectivity index (χ1n) is 7.93. The van der Waals surface area contributed by atoms with Gasteiger partial charge in [0.2, 0.25) is 5.91 Å². The Hall–Kier alpha value is -2.05. The Bertz CT molecular complexity index is 715. The molecule has 2 aromatic carbocycles. The molecule has 1 aliphatic rings. The maximum atomic E-state index is 12.2. The minimum Gasteiger partial charge on any atom is -0.506 e. The van der Waals surface area contributed by atoms with E-state index in [0.29, 0.717) is 12.3 Å². The topological polar surface area (TPSA) is 55.8 Å². The number of halogens is 1. The maximum Gasteiger partial charge on any atom is 0.238 e. The van der Waals surface area contributed by atoms with E-state index < -0.39 is 0 Å². The molecule has 1 heterocycles. The minimum absolute atomic E-state index is 0.0158. The van der Waals surface area contributed by atoms with E-state index in [1.54, 1.807) is 6.07 Å². The van der Waals surface area contributed by atoms with Crippen molar-refractivity contribution in [2.75, 3.05) is 42.9 Å². The lowest BCUT2D eigenvalue weighted by Gasteiger charge is -2.35. The second kappa shape index (κ2) is 7.68. The van der Waals surface area contributed by atoms with E-state index in [0.717, 1.165) is 42.0 Å². The number of piperazine rings is 1. The van der Waals surface area contributed by atoms with Gasteiger partial charge in [-0.3, -0.25) is 9.69 Å². The van der Waals surface area contributed by atoms with Crippen LogP contribution in [0.2, 0.25) is 0 Å². The highest BCUT2D eigenvalue weighted by atomic mass is 79.9. The fourth-order valence-electron chi connectivity index (χ4n) is 2.83. The summed E-state index contributed by atoms with van der Waals surface area (Å²) in [6, 6.07) is 15.0. The first-order chi connectivity index (χ1) is 11.6. The van der Waals surface area contributed by atoms with E-state index in [1.807, 2.05) is 42.5 Å². The molecule has 6 heteroatoms. The second-order valence-electron chi connectivity index (χ2n) is 5.78. The number of nitrogens with zero attached hydrogens (tertiary/aromatic N) is 2. The quantitative estimate of drug-likeness (QED) is 0.843. The highest BCUT2D eigenvalue weighted by Crippen LogP contribution is 2.27. The van der Waals surface area contributed by atoms with Gasteiger partial charge in [-0.05, 0) is 40.2 Å². The molecule has 126 valence electrons. The van der Waals surface area contributed by atoms with Crippen LogP contribution in [0.4, 0.5) is 11.4 Å². The van der Waals surface area contributed by atoms with Crippen LogP contribution >= 0.6 is 15.9 Å². The van der Waals surface area contributed by atoms with Gasteiger partial charge in [0, 0.05) is 30.7 Å². The van der Waals surface area contributed by atoms with E-state index in [2.05, 4.69) is 31.0 Å². The monoisotopic (exact) mass is 389 g/mol. The number of hydrogen-bond acceptors (Lipinski definition) is 4. The summed E-state index contributed by atoms with van der Waals surface area (Å²) < 4.78 is 0.878. The molecule has 24 heavy (non-hydrogen) atoms. The van der Waals surface area contributed by atoms with Crippen molar-refractivity contribution in [1.82, 2.24) is 4.90 Å². The minimum atomic E-state index is -0.0158. The smallest absolute Gasteiger partial charge is 0.238 e. The van der Waals surface area contributed by atoms with Crippen LogP contribution in [0.25, 0.3) is 0 Å². The molecular formula is C18H20BrN3O2. The zero-order chi connectivity index (χ0) is 16.9. The van der Waals surface area contributed by atoms with Crippen LogP contribution in [0.15, 0.2) is 53.0 Å². The summed E-state index contributed by atoms with van der Waals surface area (Å²) in [5, 5.41) is 12.9. The molecule has 0 bridgehead atoms. The zero-order valence-electron chi connectivity index (χ0n) is 13.3. The van der Waals surface area contributed by atoms with Gasteiger partial charge in [0.15, 0.2) is 0 Å². The lowest BCUT2D eigenvalue weighted by atomic mass is 10.2. The average Bonchev–Trinajstić information content (AvgIpc) is 2.58. The van der Waals surface area contributed by atoms with E-state index >= 15 is 0 Å². The third kappa shape index (κ3) is 4.07. The number of aromatic hydroxyl groups is 1. The number of phenols is 1. The third-order valence-electron chi connectivity index (χ3n) is 4.11. The Morgan fingerprint density at radius 1 is 1.04 bits per heavy atom. The fraction of sp³-hybridized carbons (Fsp3) is 0.278. The van der Waals surface area contributed by atoms with Crippen LogP contribution in [0, 0.1) is 0 Å². The predicted octanol–water partition coefficient (Wildman–Crippen LogP) is 2.92. The number of carbonyl (C=O) groups excluding carboxylic acids is 1. The van der Waals surface area contributed by atoms with Gasteiger partial charge < -0.3 is 15.3 Å². The zero-order valence-corrected chi connectivity index (χ0v) is 14.9. The molecule has 1 amide bonds. The van der Waals surface area contributed by atoms with Gasteiger partial charge in [0.1, 0.15) is 5.75 Å². The average molecular weight is 390 g/mol. The number of para-hydroxylation sites is 3. The first kappa shape index (κ1) is 16.8. The van der Waals surface area contributed by atoms with Crippen molar-refractivity contribution in [3.8, 4) is 5.75 Å². The number of phenolic OH excluding ortho intramolecular Hbond substituents is 1. The Balaban J connectivity index is 1.51. The lowest BCUT2D eigenvalue weighted by Crippen LogP contribution is -2.48. The Morgan fingerprint density at radius 2 is 1.71 bits per heavy atom. The summed E-state index contributed by atoms with van der Waals surface area (Å²) >= 11 is 3.43. The number of nitrogens with one attached hydrogen (secondary N) is 1. The molecule has 0 spiro atoms. The summed E-state index contributed by atoms with van der Waals surface area (Å²) in [7, 11) is 0. The van der Waals surface area contributed by atoms with Crippen LogP contribution in [0.1, 0.15) is 0 Å². The highest BCUT2D eigenvalue weighted by Gasteiger charge is 2.20. The Morgan fingerprint density at radius 3 is 2.42 bits per heavy atom.